The van der Waals surface area contributed by atoms with Gasteiger partial charge >= 0.3 is 5.97 Å². The number of ether oxygens (including phenoxy) is 1. The fourth-order valence-electron chi connectivity index (χ4n) is 2.21. The maximum atomic E-state index is 12.3. The number of hydrogen-bond acceptors (Lipinski definition) is 4. The Morgan fingerprint density at radius 2 is 1.83 bits per heavy atom. The van der Waals surface area contributed by atoms with E-state index < -0.39 is 23.4 Å². The number of amides is 2. The molecule has 1 aromatic rings. The molecule has 0 fully saturated rings. The molecule has 5 heteroatoms. The summed E-state index contributed by atoms with van der Waals surface area (Å²) in [5, 5.41) is 0. The molecule has 18 heavy (non-hydrogen) atoms. The van der Waals surface area contributed by atoms with Crippen molar-refractivity contribution in [2.75, 3.05) is 4.90 Å². The van der Waals surface area contributed by atoms with Crippen LogP contribution in [0.5, 0.6) is 0 Å². The van der Waals surface area contributed by atoms with Gasteiger partial charge < -0.3 is 4.74 Å². The summed E-state index contributed by atoms with van der Waals surface area (Å²) in [5.41, 5.74) is -0.423. The summed E-state index contributed by atoms with van der Waals surface area (Å²) in [4.78, 5) is 36.0. The van der Waals surface area contributed by atoms with Crippen LogP contribution in [0.3, 0.4) is 0 Å². The number of benzene rings is 1. The highest BCUT2D eigenvalue weighted by atomic mass is 16.6. The topological polar surface area (TPSA) is 63.7 Å². The molecule has 0 bridgehead atoms. The average molecular weight is 247 g/mol. The quantitative estimate of drug-likeness (QED) is 0.703. The molecule has 2 rings (SSSR count). The van der Waals surface area contributed by atoms with Crippen LogP contribution in [0, 0.1) is 0 Å². The Hall–Kier alpha value is -2.17. The largest absolute Gasteiger partial charge is 0.444 e. The van der Waals surface area contributed by atoms with Gasteiger partial charge in [-0.15, -0.1) is 0 Å². The highest BCUT2D eigenvalue weighted by molar-refractivity contribution is 6.21. The Balaban J connectivity index is 2.61. The zero-order valence-electron chi connectivity index (χ0n) is 10.4. The second-order valence-corrected chi connectivity index (χ2v) is 4.30. The molecule has 1 heterocycles. The molecule has 2 amide bonds. The van der Waals surface area contributed by atoms with Gasteiger partial charge in [-0.25, -0.2) is 4.90 Å². The van der Waals surface area contributed by atoms with E-state index in [2.05, 4.69) is 0 Å². The van der Waals surface area contributed by atoms with Gasteiger partial charge in [0.1, 0.15) is 0 Å². The lowest BCUT2D eigenvalue weighted by atomic mass is 9.97. The number of esters is 1. The summed E-state index contributed by atoms with van der Waals surface area (Å²) < 4.78 is 5.14. The lowest BCUT2D eigenvalue weighted by Crippen LogP contribution is -2.43. The van der Waals surface area contributed by atoms with Crippen LogP contribution in [0.15, 0.2) is 24.3 Å². The molecular weight excluding hydrogens is 234 g/mol. The molecule has 0 saturated carbocycles. The van der Waals surface area contributed by atoms with E-state index in [1.807, 2.05) is 0 Å². The number of carbonyl (C=O) groups excluding carboxylic acids is 3. The predicted molar refractivity (Wildman–Crippen MR) is 63.7 cm³/mol. The Kier molecular flexibility index (Phi) is 2.69. The molecule has 0 N–H and O–H groups in total. The summed E-state index contributed by atoms with van der Waals surface area (Å²) in [6, 6.07) is 6.79. The minimum Gasteiger partial charge on any atom is -0.444 e. The van der Waals surface area contributed by atoms with Gasteiger partial charge in [-0.3, -0.25) is 14.4 Å². The number of anilines is 1. The number of imide groups is 1. The van der Waals surface area contributed by atoms with E-state index in [-0.39, 0.29) is 0 Å². The molecule has 1 aromatic carbocycles. The first-order chi connectivity index (χ1) is 8.38. The van der Waals surface area contributed by atoms with Crippen molar-refractivity contribution < 1.29 is 19.1 Å². The molecule has 0 spiro atoms. The van der Waals surface area contributed by atoms with Crippen molar-refractivity contribution in [3.05, 3.63) is 29.8 Å². The Labute approximate surface area is 104 Å². The lowest BCUT2D eigenvalue weighted by Gasteiger charge is -2.22. The minimum atomic E-state index is -1.42. The van der Waals surface area contributed by atoms with Crippen molar-refractivity contribution in [1.82, 2.24) is 0 Å². The molecule has 1 aliphatic heterocycles. The third kappa shape index (κ3) is 1.59. The predicted octanol–water partition coefficient (Wildman–Crippen LogP) is 1.36. The third-order valence-electron chi connectivity index (χ3n) is 2.93. The van der Waals surface area contributed by atoms with E-state index in [4.69, 9.17) is 4.74 Å². The van der Waals surface area contributed by atoms with Crippen LogP contribution in [0.4, 0.5) is 5.69 Å². The first-order valence-corrected chi connectivity index (χ1v) is 5.52. The number of carbonyl (C=O) groups is 3. The third-order valence-corrected chi connectivity index (χ3v) is 2.93. The van der Waals surface area contributed by atoms with Crippen LogP contribution in [0.1, 0.15) is 26.3 Å². The molecule has 1 unspecified atom stereocenters. The second-order valence-electron chi connectivity index (χ2n) is 4.30. The summed E-state index contributed by atoms with van der Waals surface area (Å²) in [7, 11) is 0. The van der Waals surface area contributed by atoms with Gasteiger partial charge in [0.2, 0.25) is 11.5 Å². The summed E-state index contributed by atoms with van der Waals surface area (Å²) >= 11 is 0. The van der Waals surface area contributed by atoms with Gasteiger partial charge in [0.05, 0.1) is 5.69 Å². The molecule has 0 saturated heterocycles. The van der Waals surface area contributed by atoms with Crippen LogP contribution < -0.4 is 4.90 Å². The van der Waals surface area contributed by atoms with E-state index in [1.54, 1.807) is 24.3 Å². The van der Waals surface area contributed by atoms with Crippen LogP contribution in [-0.2, 0) is 24.7 Å². The fourth-order valence-corrected chi connectivity index (χ4v) is 2.21. The van der Waals surface area contributed by atoms with E-state index in [0.29, 0.717) is 11.3 Å². The highest BCUT2D eigenvalue weighted by Gasteiger charge is 2.51. The number of nitrogens with zero attached hydrogens (tertiary/aromatic N) is 1. The monoisotopic (exact) mass is 247 g/mol. The number of para-hydroxylation sites is 1. The number of hydrogen-bond donors (Lipinski definition) is 0. The summed E-state index contributed by atoms with van der Waals surface area (Å²) in [5.74, 6) is -1.50. The standard InChI is InChI=1S/C13H13NO4/c1-8(15)14-11-7-5-4-6-10(11)13(3,12(14)17)18-9(2)16/h4-7H,1-3H3. The lowest BCUT2D eigenvalue weighted by molar-refractivity contribution is -0.164. The molecule has 0 aliphatic carbocycles. The van der Waals surface area contributed by atoms with Crippen molar-refractivity contribution in [1.29, 1.82) is 0 Å². The van der Waals surface area contributed by atoms with E-state index >= 15 is 0 Å². The van der Waals surface area contributed by atoms with Gasteiger partial charge in [-0.05, 0) is 13.0 Å². The Morgan fingerprint density at radius 1 is 1.22 bits per heavy atom. The highest BCUT2D eigenvalue weighted by Crippen LogP contribution is 2.42. The fraction of sp³-hybridized carbons (Fsp3) is 0.308. The van der Waals surface area contributed by atoms with Gasteiger partial charge in [-0.1, -0.05) is 18.2 Å². The molecule has 0 radical (unpaired) electrons. The Bertz CT molecular complexity index is 552. The average Bonchev–Trinajstić information content (AvgIpc) is 2.48. The number of fused-ring (bicyclic) bond motifs is 1. The first kappa shape index (κ1) is 12.3. The van der Waals surface area contributed by atoms with E-state index in [0.717, 1.165) is 4.90 Å². The smallest absolute Gasteiger partial charge is 0.304 e. The number of rotatable bonds is 1. The van der Waals surface area contributed by atoms with Crippen molar-refractivity contribution in [3.8, 4) is 0 Å². The summed E-state index contributed by atoms with van der Waals surface area (Å²) in [6.45, 7) is 4.03. The van der Waals surface area contributed by atoms with E-state index in [9.17, 15) is 14.4 Å². The first-order valence-electron chi connectivity index (χ1n) is 5.52. The van der Waals surface area contributed by atoms with Crippen molar-refractivity contribution in [3.63, 3.8) is 0 Å². The minimum absolute atomic E-state index is 0.400. The summed E-state index contributed by atoms with van der Waals surface area (Å²) in [6.07, 6.45) is 0. The molecule has 1 aliphatic rings. The molecule has 0 aromatic heterocycles. The second kappa shape index (κ2) is 3.94. The molecular formula is C13H13NO4. The SMILES string of the molecule is CC(=O)OC1(C)C(=O)N(C(C)=O)c2ccccc21. The van der Waals surface area contributed by atoms with Crippen molar-refractivity contribution in [2.45, 2.75) is 26.4 Å². The van der Waals surface area contributed by atoms with E-state index in [1.165, 1.54) is 20.8 Å². The van der Waals surface area contributed by atoms with Crippen molar-refractivity contribution in [2.24, 2.45) is 0 Å². The van der Waals surface area contributed by atoms with Gasteiger partial charge in [0.15, 0.2) is 0 Å². The van der Waals surface area contributed by atoms with Crippen LogP contribution in [0.2, 0.25) is 0 Å². The van der Waals surface area contributed by atoms with Crippen molar-refractivity contribution >= 4 is 23.5 Å². The molecule has 1 atom stereocenters. The van der Waals surface area contributed by atoms with Crippen LogP contribution in [0.25, 0.3) is 0 Å². The van der Waals surface area contributed by atoms with Gasteiger partial charge in [-0.2, -0.15) is 0 Å². The van der Waals surface area contributed by atoms with Crippen LogP contribution in [-0.4, -0.2) is 17.8 Å². The maximum Gasteiger partial charge on any atom is 0.304 e. The molecule has 94 valence electrons. The van der Waals surface area contributed by atoms with Crippen LogP contribution >= 0.6 is 0 Å². The maximum absolute atomic E-state index is 12.3. The Morgan fingerprint density at radius 3 is 2.39 bits per heavy atom. The van der Waals surface area contributed by atoms with Gasteiger partial charge in [0.25, 0.3) is 5.91 Å². The normalized spacial score (nSPS) is 21.7. The zero-order valence-corrected chi connectivity index (χ0v) is 10.4. The molecule has 5 nitrogen and oxygen atoms in total. The zero-order chi connectivity index (χ0) is 13.5. The van der Waals surface area contributed by atoms with Gasteiger partial charge in [0, 0.05) is 19.4 Å².